The predicted octanol–water partition coefficient (Wildman–Crippen LogP) is 2.71. The molecular formula is C15H15NO3S. The number of thiophene rings is 1. The molecule has 1 N–H and O–H groups in total. The highest BCUT2D eigenvalue weighted by molar-refractivity contribution is 7.12. The van der Waals surface area contributed by atoms with Gasteiger partial charge in [0, 0.05) is 5.56 Å². The van der Waals surface area contributed by atoms with E-state index in [2.05, 4.69) is 5.32 Å². The molecule has 20 heavy (non-hydrogen) atoms. The number of ether oxygens (including phenoxy) is 1. The zero-order valence-electron chi connectivity index (χ0n) is 11.1. The summed E-state index contributed by atoms with van der Waals surface area (Å²) in [6.45, 7) is 1.92. The van der Waals surface area contributed by atoms with Gasteiger partial charge in [0.25, 0.3) is 5.91 Å². The highest BCUT2D eigenvalue weighted by Crippen LogP contribution is 2.27. The van der Waals surface area contributed by atoms with Crippen LogP contribution in [-0.2, 0) is 9.53 Å². The number of hydrogen-bond acceptors (Lipinski definition) is 4. The molecule has 1 aromatic heterocycles. The highest BCUT2D eigenvalue weighted by atomic mass is 32.1. The molecule has 1 amide bonds. The maximum atomic E-state index is 12.1. The molecule has 1 aromatic carbocycles. The van der Waals surface area contributed by atoms with Gasteiger partial charge in [-0.1, -0.05) is 30.3 Å². The predicted molar refractivity (Wildman–Crippen MR) is 78.7 cm³/mol. The van der Waals surface area contributed by atoms with E-state index in [9.17, 15) is 9.59 Å². The van der Waals surface area contributed by atoms with Crippen LogP contribution >= 0.6 is 11.3 Å². The second-order valence-corrected chi connectivity index (χ2v) is 4.93. The molecule has 0 bridgehead atoms. The standard InChI is InChI=1S/C15H15NO3S/c1-2-19-13(17)10-16-15(18)14-12(8-9-20-14)11-6-4-3-5-7-11/h3-9H,2,10H2,1H3,(H,16,18). The number of carbonyl (C=O) groups is 2. The lowest BCUT2D eigenvalue weighted by atomic mass is 10.1. The van der Waals surface area contributed by atoms with Gasteiger partial charge in [0.15, 0.2) is 0 Å². The number of esters is 1. The van der Waals surface area contributed by atoms with E-state index in [1.54, 1.807) is 6.92 Å². The van der Waals surface area contributed by atoms with Crippen molar-refractivity contribution in [3.05, 3.63) is 46.7 Å². The van der Waals surface area contributed by atoms with Crippen molar-refractivity contribution in [3.8, 4) is 11.1 Å². The fourth-order valence-corrected chi connectivity index (χ4v) is 2.61. The molecular weight excluding hydrogens is 274 g/mol. The first-order valence-corrected chi connectivity index (χ1v) is 7.17. The molecule has 0 saturated heterocycles. The van der Waals surface area contributed by atoms with Crippen LogP contribution in [0.25, 0.3) is 11.1 Å². The van der Waals surface area contributed by atoms with E-state index in [1.165, 1.54) is 11.3 Å². The molecule has 0 spiro atoms. The van der Waals surface area contributed by atoms with E-state index >= 15 is 0 Å². The van der Waals surface area contributed by atoms with Crippen LogP contribution in [0.4, 0.5) is 0 Å². The van der Waals surface area contributed by atoms with E-state index in [1.807, 2.05) is 41.8 Å². The van der Waals surface area contributed by atoms with Crippen LogP contribution in [0.5, 0.6) is 0 Å². The lowest BCUT2D eigenvalue weighted by molar-refractivity contribution is -0.141. The second kappa shape index (κ2) is 6.86. The Labute approximate surface area is 121 Å². The average Bonchev–Trinajstić information content (AvgIpc) is 2.95. The summed E-state index contributed by atoms with van der Waals surface area (Å²) in [6, 6.07) is 11.6. The topological polar surface area (TPSA) is 55.4 Å². The number of rotatable bonds is 5. The second-order valence-electron chi connectivity index (χ2n) is 4.02. The first-order chi connectivity index (χ1) is 9.72. The Bertz CT molecular complexity index is 592. The molecule has 0 saturated carbocycles. The van der Waals surface area contributed by atoms with Gasteiger partial charge in [-0.05, 0) is 23.9 Å². The normalized spacial score (nSPS) is 10.1. The van der Waals surface area contributed by atoms with E-state index in [4.69, 9.17) is 4.74 Å². The minimum atomic E-state index is -0.432. The summed E-state index contributed by atoms with van der Waals surface area (Å²) < 4.78 is 4.77. The largest absolute Gasteiger partial charge is 0.465 e. The maximum absolute atomic E-state index is 12.1. The van der Waals surface area contributed by atoms with E-state index in [-0.39, 0.29) is 12.5 Å². The third kappa shape index (κ3) is 3.45. The van der Waals surface area contributed by atoms with Crippen molar-refractivity contribution in [2.24, 2.45) is 0 Å². The Hall–Kier alpha value is -2.14. The Kier molecular flexibility index (Phi) is 4.90. The summed E-state index contributed by atoms with van der Waals surface area (Å²) in [4.78, 5) is 23.9. The van der Waals surface area contributed by atoms with Crippen molar-refractivity contribution in [1.29, 1.82) is 0 Å². The van der Waals surface area contributed by atoms with Crippen molar-refractivity contribution in [1.82, 2.24) is 5.32 Å². The van der Waals surface area contributed by atoms with Crippen LogP contribution in [-0.4, -0.2) is 25.0 Å². The molecule has 1 heterocycles. The number of nitrogens with one attached hydrogen (secondary N) is 1. The van der Waals surface area contributed by atoms with Crippen molar-refractivity contribution >= 4 is 23.2 Å². The van der Waals surface area contributed by atoms with Crippen molar-refractivity contribution in [3.63, 3.8) is 0 Å². The molecule has 2 aromatic rings. The van der Waals surface area contributed by atoms with Gasteiger partial charge >= 0.3 is 5.97 Å². The quantitative estimate of drug-likeness (QED) is 0.861. The molecule has 5 heteroatoms. The zero-order chi connectivity index (χ0) is 14.4. The SMILES string of the molecule is CCOC(=O)CNC(=O)c1sccc1-c1ccccc1. The van der Waals surface area contributed by atoms with E-state index in [0.29, 0.717) is 11.5 Å². The molecule has 0 aliphatic carbocycles. The number of carbonyl (C=O) groups excluding carboxylic acids is 2. The summed E-state index contributed by atoms with van der Waals surface area (Å²) in [6.07, 6.45) is 0. The van der Waals surface area contributed by atoms with E-state index < -0.39 is 5.97 Å². The summed E-state index contributed by atoms with van der Waals surface area (Å²) in [5.41, 5.74) is 1.85. The molecule has 0 radical (unpaired) electrons. The van der Waals surface area contributed by atoms with Gasteiger partial charge in [-0.25, -0.2) is 0 Å². The molecule has 0 aliphatic rings. The molecule has 0 fully saturated rings. The smallest absolute Gasteiger partial charge is 0.325 e. The molecule has 4 nitrogen and oxygen atoms in total. The summed E-state index contributed by atoms with van der Waals surface area (Å²) >= 11 is 1.35. The van der Waals surface area contributed by atoms with Crippen molar-refractivity contribution < 1.29 is 14.3 Å². The van der Waals surface area contributed by atoms with Crippen LogP contribution in [0.2, 0.25) is 0 Å². The molecule has 0 unspecified atom stereocenters. The first kappa shape index (κ1) is 14.3. The fourth-order valence-electron chi connectivity index (χ4n) is 1.77. The lowest BCUT2D eigenvalue weighted by Gasteiger charge is -2.06. The van der Waals surface area contributed by atoms with Gasteiger partial charge in [0.2, 0.25) is 0 Å². The third-order valence-corrected chi connectivity index (χ3v) is 3.57. The van der Waals surface area contributed by atoms with Gasteiger partial charge < -0.3 is 10.1 Å². The maximum Gasteiger partial charge on any atom is 0.325 e. The van der Waals surface area contributed by atoms with Crippen LogP contribution in [0, 0.1) is 0 Å². The van der Waals surface area contributed by atoms with Gasteiger partial charge in [0.1, 0.15) is 6.54 Å². The molecule has 0 atom stereocenters. The Balaban J connectivity index is 2.08. The van der Waals surface area contributed by atoms with Gasteiger partial charge in [-0.3, -0.25) is 9.59 Å². The van der Waals surface area contributed by atoms with Gasteiger partial charge in [-0.2, -0.15) is 0 Å². The van der Waals surface area contributed by atoms with Crippen molar-refractivity contribution in [2.75, 3.05) is 13.2 Å². The fraction of sp³-hybridized carbons (Fsp3) is 0.200. The summed E-state index contributed by atoms with van der Waals surface area (Å²) in [5.74, 6) is -0.689. The zero-order valence-corrected chi connectivity index (χ0v) is 11.9. The number of benzene rings is 1. The van der Waals surface area contributed by atoms with Crippen LogP contribution < -0.4 is 5.32 Å². The Morgan fingerprint density at radius 3 is 2.65 bits per heavy atom. The summed E-state index contributed by atoms with van der Waals surface area (Å²) in [7, 11) is 0. The van der Waals surface area contributed by atoms with Crippen LogP contribution in [0.15, 0.2) is 41.8 Å². The molecule has 104 valence electrons. The minimum Gasteiger partial charge on any atom is -0.465 e. The third-order valence-electron chi connectivity index (χ3n) is 2.65. The number of hydrogen-bond donors (Lipinski definition) is 1. The molecule has 2 rings (SSSR count). The van der Waals surface area contributed by atoms with Crippen LogP contribution in [0.1, 0.15) is 16.6 Å². The van der Waals surface area contributed by atoms with Gasteiger partial charge in [0.05, 0.1) is 11.5 Å². The first-order valence-electron chi connectivity index (χ1n) is 6.29. The summed E-state index contributed by atoms with van der Waals surface area (Å²) in [5, 5.41) is 4.44. The van der Waals surface area contributed by atoms with Crippen LogP contribution in [0.3, 0.4) is 0 Å². The molecule has 0 aliphatic heterocycles. The number of amides is 1. The Morgan fingerprint density at radius 2 is 1.95 bits per heavy atom. The average molecular weight is 289 g/mol. The monoisotopic (exact) mass is 289 g/mol. The lowest BCUT2D eigenvalue weighted by Crippen LogP contribution is -2.30. The van der Waals surface area contributed by atoms with Crippen molar-refractivity contribution in [2.45, 2.75) is 6.92 Å². The highest BCUT2D eigenvalue weighted by Gasteiger charge is 2.15. The van der Waals surface area contributed by atoms with E-state index in [0.717, 1.165) is 11.1 Å². The van der Waals surface area contributed by atoms with Gasteiger partial charge in [-0.15, -0.1) is 11.3 Å². The minimum absolute atomic E-state index is 0.112. The Morgan fingerprint density at radius 1 is 1.20 bits per heavy atom.